The zero-order chi connectivity index (χ0) is 17.9. The van der Waals surface area contributed by atoms with Crippen LogP contribution in [0.1, 0.15) is 36.5 Å². The van der Waals surface area contributed by atoms with E-state index in [2.05, 4.69) is 26.9 Å². The van der Waals surface area contributed by atoms with E-state index < -0.39 is 0 Å². The molecule has 132 valence electrons. The lowest BCUT2D eigenvalue weighted by Gasteiger charge is -2.18. The number of anilines is 2. The van der Waals surface area contributed by atoms with Gasteiger partial charge in [-0.2, -0.15) is 4.98 Å². The lowest BCUT2D eigenvalue weighted by atomic mass is 10.1. The molecule has 1 aromatic heterocycles. The summed E-state index contributed by atoms with van der Waals surface area (Å²) in [4.78, 5) is 19.2. The van der Waals surface area contributed by atoms with Crippen molar-refractivity contribution in [3.05, 3.63) is 23.8 Å². The molecule has 0 saturated heterocycles. The Bertz CT molecular complexity index is 649. The van der Waals surface area contributed by atoms with Crippen molar-refractivity contribution in [3.8, 4) is 0 Å². The van der Waals surface area contributed by atoms with E-state index >= 15 is 0 Å². The van der Waals surface area contributed by atoms with E-state index in [9.17, 15) is 9.90 Å². The zero-order valence-electron chi connectivity index (χ0n) is 14.5. The summed E-state index contributed by atoms with van der Waals surface area (Å²) in [7, 11) is 3.25. The molecule has 1 heterocycles. The third-order valence-electron chi connectivity index (χ3n) is 3.34. The van der Waals surface area contributed by atoms with Crippen LogP contribution in [0.4, 0.5) is 11.8 Å². The zero-order valence-corrected chi connectivity index (χ0v) is 14.5. The second kappa shape index (κ2) is 10.5. The van der Waals surface area contributed by atoms with Gasteiger partial charge in [0, 0.05) is 25.2 Å². The molecule has 0 amide bonds. The first kappa shape index (κ1) is 19.8. The van der Waals surface area contributed by atoms with Crippen LogP contribution in [-0.2, 0) is 4.74 Å². The SMILES string of the molecule is CCCCC(CO)Nc1nc(N)nc2cc(C=O)ccc12.COC. The van der Waals surface area contributed by atoms with Crippen LogP contribution in [0.2, 0.25) is 0 Å². The van der Waals surface area contributed by atoms with E-state index in [1.54, 1.807) is 32.4 Å². The summed E-state index contributed by atoms with van der Waals surface area (Å²) in [6, 6.07) is 5.09. The number of ether oxygens (including phenoxy) is 1. The Labute approximate surface area is 142 Å². The first-order valence-corrected chi connectivity index (χ1v) is 7.89. The van der Waals surface area contributed by atoms with Crippen LogP contribution in [0.15, 0.2) is 18.2 Å². The fourth-order valence-corrected chi connectivity index (χ4v) is 2.20. The number of rotatable bonds is 7. The molecule has 0 aliphatic carbocycles. The highest BCUT2D eigenvalue weighted by atomic mass is 16.4. The third-order valence-corrected chi connectivity index (χ3v) is 3.34. The number of carbonyl (C=O) groups excluding carboxylic acids is 1. The smallest absolute Gasteiger partial charge is 0.222 e. The molecule has 0 bridgehead atoms. The fourth-order valence-electron chi connectivity index (χ4n) is 2.20. The minimum atomic E-state index is -0.0757. The fraction of sp³-hybridized carbons (Fsp3) is 0.471. The van der Waals surface area contributed by atoms with Gasteiger partial charge >= 0.3 is 0 Å². The summed E-state index contributed by atoms with van der Waals surface area (Å²) in [5.41, 5.74) is 6.87. The van der Waals surface area contributed by atoms with E-state index in [4.69, 9.17) is 5.73 Å². The number of fused-ring (bicyclic) bond motifs is 1. The number of aromatic nitrogens is 2. The highest BCUT2D eigenvalue weighted by Crippen LogP contribution is 2.23. The normalized spacial score (nSPS) is 11.5. The topological polar surface area (TPSA) is 110 Å². The average molecular weight is 334 g/mol. The second-order valence-electron chi connectivity index (χ2n) is 5.40. The van der Waals surface area contributed by atoms with E-state index in [0.29, 0.717) is 16.9 Å². The van der Waals surface area contributed by atoms with E-state index in [-0.39, 0.29) is 18.6 Å². The molecular weight excluding hydrogens is 308 g/mol. The number of nitrogen functional groups attached to an aromatic ring is 1. The molecule has 1 aromatic carbocycles. The number of methoxy groups -OCH3 is 1. The Hall–Kier alpha value is -2.25. The number of nitrogens with one attached hydrogen (secondary N) is 1. The Morgan fingerprint density at radius 2 is 2.08 bits per heavy atom. The quantitative estimate of drug-likeness (QED) is 0.666. The van der Waals surface area contributed by atoms with Gasteiger partial charge in [-0.25, -0.2) is 4.98 Å². The highest BCUT2D eigenvalue weighted by molar-refractivity contribution is 5.93. The van der Waals surface area contributed by atoms with Gasteiger partial charge in [0.2, 0.25) is 5.95 Å². The Kier molecular flexibility index (Phi) is 8.67. The summed E-state index contributed by atoms with van der Waals surface area (Å²) < 4.78 is 4.25. The van der Waals surface area contributed by atoms with Crippen molar-refractivity contribution in [1.29, 1.82) is 0 Å². The van der Waals surface area contributed by atoms with E-state index in [1.807, 2.05) is 0 Å². The molecule has 2 aromatic rings. The number of nitrogens with two attached hydrogens (primary N) is 1. The molecule has 7 heteroatoms. The number of aldehydes is 1. The molecule has 1 atom stereocenters. The molecule has 7 nitrogen and oxygen atoms in total. The largest absolute Gasteiger partial charge is 0.394 e. The summed E-state index contributed by atoms with van der Waals surface area (Å²) in [5.74, 6) is 0.727. The number of benzene rings is 1. The lowest BCUT2D eigenvalue weighted by molar-refractivity contribution is 0.112. The van der Waals surface area contributed by atoms with Gasteiger partial charge in [0.1, 0.15) is 12.1 Å². The molecule has 2 rings (SSSR count). The van der Waals surface area contributed by atoms with Crippen molar-refractivity contribution in [2.75, 3.05) is 31.9 Å². The molecule has 0 radical (unpaired) electrons. The standard InChI is InChI=1S/C15H20N4O2.C2H6O/c1-2-3-4-11(9-21)17-14-12-6-5-10(8-20)7-13(12)18-15(16)19-14;1-3-2/h5-8,11,21H,2-4,9H2,1H3,(H3,16,17,18,19);1-2H3. The molecule has 24 heavy (non-hydrogen) atoms. The van der Waals surface area contributed by atoms with Crippen LogP contribution >= 0.6 is 0 Å². The summed E-state index contributed by atoms with van der Waals surface area (Å²) in [6.07, 6.45) is 3.70. The van der Waals surface area contributed by atoms with Gasteiger partial charge in [0.05, 0.1) is 18.2 Å². The van der Waals surface area contributed by atoms with Crippen LogP contribution in [0.5, 0.6) is 0 Å². The maximum absolute atomic E-state index is 10.8. The Morgan fingerprint density at radius 1 is 1.38 bits per heavy atom. The molecule has 0 aliphatic rings. The number of aliphatic hydroxyl groups excluding tert-OH is 1. The first-order valence-electron chi connectivity index (χ1n) is 7.89. The summed E-state index contributed by atoms with van der Waals surface area (Å²) in [6.45, 7) is 2.13. The van der Waals surface area contributed by atoms with Crippen LogP contribution < -0.4 is 11.1 Å². The van der Waals surface area contributed by atoms with Gasteiger partial charge in [-0.15, -0.1) is 0 Å². The van der Waals surface area contributed by atoms with Gasteiger partial charge < -0.3 is 20.9 Å². The van der Waals surface area contributed by atoms with Crippen molar-refractivity contribution >= 4 is 29.0 Å². The van der Waals surface area contributed by atoms with Gasteiger partial charge in [-0.05, 0) is 18.6 Å². The monoisotopic (exact) mass is 334 g/mol. The van der Waals surface area contributed by atoms with Gasteiger partial charge in [-0.3, -0.25) is 4.79 Å². The number of hydrogen-bond donors (Lipinski definition) is 3. The summed E-state index contributed by atoms with van der Waals surface area (Å²) >= 11 is 0. The van der Waals surface area contributed by atoms with Crippen molar-refractivity contribution < 1.29 is 14.6 Å². The molecule has 4 N–H and O–H groups in total. The molecule has 0 spiro atoms. The third kappa shape index (κ3) is 5.75. The molecule has 0 aliphatic heterocycles. The first-order chi connectivity index (χ1) is 11.6. The number of unbranched alkanes of at least 4 members (excludes halogenated alkanes) is 1. The average Bonchev–Trinajstić information content (AvgIpc) is 2.58. The number of carbonyl (C=O) groups is 1. The van der Waals surface area contributed by atoms with Gasteiger partial charge in [0.25, 0.3) is 0 Å². The minimum Gasteiger partial charge on any atom is -0.394 e. The van der Waals surface area contributed by atoms with E-state index in [0.717, 1.165) is 30.9 Å². The molecule has 0 fully saturated rings. The maximum atomic E-state index is 10.8. The molecule has 0 saturated carbocycles. The van der Waals surface area contributed by atoms with Crippen LogP contribution in [0, 0.1) is 0 Å². The van der Waals surface area contributed by atoms with E-state index in [1.165, 1.54) is 0 Å². The van der Waals surface area contributed by atoms with Crippen LogP contribution in [0.25, 0.3) is 10.9 Å². The van der Waals surface area contributed by atoms with Crippen molar-refractivity contribution in [2.45, 2.75) is 32.2 Å². The van der Waals surface area contributed by atoms with Crippen molar-refractivity contribution in [2.24, 2.45) is 0 Å². The lowest BCUT2D eigenvalue weighted by Crippen LogP contribution is -2.24. The van der Waals surface area contributed by atoms with Crippen molar-refractivity contribution in [3.63, 3.8) is 0 Å². The maximum Gasteiger partial charge on any atom is 0.222 e. The predicted molar refractivity (Wildman–Crippen MR) is 96.3 cm³/mol. The molecule has 1 unspecified atom stereocenters. The Morgan fingerprint density at radius 3 is 2.67 bits per heavy atom. The van der Waals surface area contributed by atoms with Crippen molar-refractivity contribution in [1.82, 2.24) is 9.97 Å². The highest BCUT2D eigenvalue weighted by Gasteiger charge is 2.12. The summed E-state index contributed by atoms with van der Waals surface area (Å²) in [5, 5.41) is 13.5. The van der Waals surface area contributed by atoms with Gasteiger partial charge in [-0.1, -0.05) is 25.8 Å². The Balaban J connectivity index is 0.000000891. The number of nitrogens with zero attached hydrogens (tertiary/aromatic N) is 2. The second-order valence-corrected chi connectivity index (χ2v) is 5.40. The van der Waals surface area contributed by atoms with Gasteiger partial charge in [0.15, 0.2) is 0 Å². The predicted octanol–water partition coefficient (Wildman–Crippen LogP) is 2.25. The number of hydrogen-bond acceptors (Lipinski definition) is 7. The molecular formula is C17H26N4O3. The van der Waals surface area contributed by atoms with Crippen LogP contribution in [0.3, 0.4) is 0 Å². The van der Waals surface area contributed by atoms with Crippen LogP contribution in [-0.4, -0.2) is 48.2 Å². The minimum absolute atomic E-state index is 0.0256. The number of aliphatic hydroxyl groups is 1.